The van der Waals surface area contributed by atoms with Gasteiger partial charge in [-0.3, -0.25) is 13.6 Å². The van der Waals surface area contributed by atoms with Gasteiger partial charge in [-0.1, -0.05) is 43.5 Å². The largest absolute Gasteiger partial charge is 0.475 e. The monoisotopic (exact) mass is 468 g/mol. The Morgan fingerprint density at radius 1 is 0.719 bits per heavy atom. The fourth-order valence-corrected chi connectivity index (χ4v) is 3.65. The maximum atomic E-state index is 13.0. The fourth-order valence-electron chi connectivity index (χ4n) is 2.42. The van der Waals surface area contributed by atoms with Crippen LogP contribution < -0.4 is 0 Å². The summed E-state index contributed by atoms with van der Waals surface area (Å²) in [6, 6.07) is 9.33. The van der Waals surface area contributed by atoms with Gasteiger partial charge in [0.15, 0.2) is 0 Å². The Labute approximate surface area is 190 Å². The Hall–Kier alpha value is -2.25. The second-order valence-electron chi connectivity index (χ2n) is 6.74. The highest BCUT2D eigenvalue weighted by Crippen LogP contribution is 2.50. The van der Waals surface area contributed by atoms with E-state index >= 15 is 0 Å². The third-order valence-electron chi connectivity index (χ3n) is 4.13. The molecule has 1 aromatic rings. The molecule has 0 heterocycles. The van der Waals surface area contributed by atoms with Gasteiger partial charge < -0.3 is 9.47 Å². The van der Waals surface area contributed by atoms with Crippen molar-refractivity contribution in [2.24, 2.45) is 0 Å². The van der Waals surface area contributed by atoms with E-state index in [4.69, 9.17) is 23.0 Å². The van der Waals surface area contributed by atoms with Crippen LogP contribution in [-0.4, -0.2) is 38.4 Å². The van der Waals surface area contributed by atoms with Gasteiger partial charge in [-0.15, -0.1) is 0 Å². The van der Waals surface area contributed by atoms with E-state index in [1.165, 1.54) is 0 Å². The number of carbonyl (C=O) groups excluding carboxylic acids is 2. The van der Waals surface area contributed by atoms with Gasteiger partial charge >= 0.3 is 19.8 Å². The lowest BCUT2D eigenvalue weighted by atomic mass is 10.2. The summed E-state index contributed by atoms with van der Waals surface area (Å²) < 4.78 is 39.3. The minimum atomic E-state index is -3.73. The van der Waals surface area contributed by atoms with Crippen LogP contribution in [0.3, 0.4) is 0 Å². The Morgan fingerprint density at radius 3 is 1.66 bits per heavy atom. The molecule has 1 rings (SSSR count). The molecule has 0 atom stereocenters. The fraction of sp³-hybridized carbons (Fsp3) is 0.478. The number of phosphoric acid groups is 1. The van der Waals surface area contributed by atoms with Crippen molar-refractivity contribution in [3.8, 4) is 0 Å². The molecule has 0 spiro atoms. The van der Waals surface area contributed by atoms with Crippen molar-refractivity contribution in [2.75, 3.05) is 26.4 Å². The van der Waals surface area contributed by atoms with Gasteiger partial charge in [-0.25, -0.2) is 14.2 Å². The summed E-state index contributed by atoms with van der Waals surface area (Å²) in [4.78, 5) is 22.0. The van der Waals surface area contributed by atoms with Crippen LogP contribution in [0.25, 0.3) is 0 Å². The zero-order valence-electron chi connectivity index (χ0n) is 18.4. The molecule has 0 aliphatic carbocycles. The van der Waals surface area contributed by atoms with E-state index < -0.39 is 19.8 Å². The van der Waals surface area contributed by atoms with E-state index in [9.17, 15) is 14.2 Å². The van der Waals surface area contributed by atoms with Crippen molar-refractivity contribution in [3.63, 3.8) is 0 Å². The van der Waals surface area contributed by atoms with E-state index in [1.54, 1.807) is 0 Å². The SMILES string of the molecule is C=CC(=O)OCCCCCOP(=O)(OCCCCCOC(=O)C=C)OCc1ccccc1. The lowest BCUT2D eigenvalue weighted by Gasteiger charge is -2.18. The number of phosphoric ester groups is 1. The van der Waals surface area contributed by atoms with Gasteiger partial charge in [0.2, 0.25) is 0 Å². The average Bonchev–Trinajstić information content (AvgIpc) is 2.82. The molecule has 1 aromatic carbocycles. The lowest BCUT2D eigenvalue weighted by Crippen LogP contribution is -2.05. The highest BCUT2D eigenvalue weighted by Gasteiger charge is 2.26. The molecule has 0 saturated carbocycles. The zero-order chi connectivity index (χ0) is 23.5. The topological polar surface area (TPSA) is 97.4 Å². The van der Waals surface area contributed by atoms with Crippen LogP contribution in [0, 0.1) is 0 Å². The van der Waals surface area contributed by atoms with Crippen LogP contribution in [0.4, 0.5) is 0 Å². The third kappa shape index (κ3) is 13.9. The predicted molar refractivity (Wildman–Crippen MR) is 121 cm³/mol. The molecule has 0 aromatic heterocycles. The number of hydrogen-bond acceptors (Lipinski definition) is 8. The Bertz CT molecular complexity index is 697. The highest BCUT2D eigenvalue weighted by molar-refractivity contribution is 7.48. The summed E-state index contributed by atoms with van der Waals surface area (Å²) in [6.07, 6.45) is 6.25. The molecule has 8 nitrogen and oxygen atoms in total. The van der Waals surface area contributed by atoms with Crippen LogP contribution in [0.1, 0.15) is 44.1 Å². The number of ether oxygens (including phenoxy) is 2. The second-order valence-corrected chi connectivity index (χ2v) is 8.41. The van der Waals surface area contributed by atoms with Crippen LogP contribution in [0.15, 0.2) is 55.6 Å². The Balaban J connectivity index is 2.35. The smallest absolute Gasteiger partial charge is 0.463 e. The first-order chi connectivity index (χ1) is 15.5. The van der Waals surface area contributed by atoms with Gasteiger partial charge in [0.25, 0.3) is 0 Å². The molecule has 0 N–H and O–H groups in total. The van der Waals surface area contributed by atoms with Gasteiger partial charge in [0, 0.05) is 12.2 Å². The van der Waals surface area contributed by atoms with Crippen molar-refractivity contribution in [1.29, 1.82) is 0 Å². The molecule has 0 aliphatic rings. The van der Waals surface area contributed by atoms with E-state index in [1.807, 2.05) is 30.3 Å². The number of hydrogen-bond donors (Lipinski definition) is 0. The maximum absolute atomic E-state index is 13.0. The summed E-state index contributed by atoms with van der Waals surface area (Å²) in [7, 11) is -3.73. The Morgan fingerprint density at radius 2 is 1.19 bits per heavy atom. The summed E-state index contributed by atoms with van der Waals surface area (Å²) >= 11 is 0. The summed E-state index contributed by atoms with van der Waals surface area (Å²) in [5, 5.41) is 0. The molecular formula is C23H33O8P. The van der Waals surface area contributed by atoms with Crippen molar-refractivity contribution < 1.29 is 37.2 Å². The summed E-state index contributed by atoms with van der Waals surface area (Å²) in [6.45, 7) is 7.75. The predicted octanol–water partition coefficient (Wildman–Crippen LogP) is 5.14. The lowest BCUT2D eigenvalue weighted by molar-refractivity contribution is -0.138. The highest BCUT2D eigenvalue weighted by atomic mass is 31.2. The normalized spacial score (nSPS) is 11.0. The quantitative estimate of drug-likeness (QED) is 0.119. The molecule has 9 heteroatoms. The van der Waals surface area contributed by atoms with Crippen LogP contribution >= 0.6 is 7.82 Å². The van der Waals surface area contributed by atoms with E-state index in [2.05, 4.69) is 13.2 Å². The van der Waals surface area contributed by atoms with Gasteiger partial charge in [-0.2, -0.15) is 0 Å². The standard InChI is InChI=1S/C23H33O8P/c1-3-22(24)27-16-10-6-12-18-29-32(26,31-20-21-14-8-5-9-15-21)30-19-13-7-11-17-28-23(25)4-2/h3-5,8-9,14-15H,1-2,6-7,10-13,16-20H2. The van der Waals surface area contributed by atoms with Gasteiger partial charge in [0.05, 0.1) is 33.0 Å². The first-order valence-corrected chi connectivity index (χ1v) is 12.1. The van der Waals surface area contributed by atoms with Crippen molar-refractivity contribution in [2.45, 2.75) is 45.1 Å². The maximum Gasteiger partial charge on any atom is 0.475 e. The molecule has 0 bridgehead atoms. The summed E-state index contributed by atoms with van der Waals surface area (Å²) in [5.74, 6) is -0.903. The first-order valence-electron chi connectivity index (χ1n) is 10.6. The second kappa shape index (κ2) is 17.3. The number of rotatable bonds is 19. The number of unbranched alkanes of at least 4 members (excludes halogenated alkanes) is 4. The third-order valence-corrected chi connectivity index (χ3v) is 5.57. The molecule has 178 valence electrons. The Kier molecular flexibility index (Phi) is 15.0. The van der Waals surface area contributed by atoms with Crippen LogP contribution in [0.5, 0.6) is 0 Å². The first kappa shape index (κ1) is 27.8. The molecule has 32 heavy (non-hydrogen) atoms. The molecule has 0 radical (unpaired) electrons. The molecule has 0 saturated heterocycles. The zero-order valence-corrected chi connectivity index (χ0v) is 19.3. The average molecular weight is 468 g/mol. The molecule has 0 fully saturated rings. The van der Waals surface area contributed by atoms with E-state index in [-0.39, 0.29) is 19.8 Å². The molecule has 0 unspecified atom stereocenters. The minimum Gasteiger partial charge on any atom is -0.463 e. The van der Waals surface area contributed by atoms with Crippen LogP contribution in [0.2, 0.25) is 0 Å². The number of carbonyl (C=O) groups is 2. The molecule has 0 aliphatic heterocycles. The minimum absolute atomic E-state index is 0.104. The van der Waals surface area contributed by atoms with Gasteiger partial charge in [0.1, 0.15) is 0 Å². The van der Waals surface area contributed by atoms with Crippen molar-refractivity contribution in [3.05, 3.63) is 61.2 Å². The van der Waals surface area contributed by atoms with E-state index in [0.717, 1.165) is 30.6 Å². The number of benzene rings is 1. The van der Waals surface area contributed by atoms with Gasteiger partial charge in [-0.05, 0) is 44.1 Å². The van der Waals surface area contributed by atoms with Crippen molar-refractivity contribution in [1.82, 2.24) is 0 Å². The molecule has 0 amide bonds. The molecular weight excluding hydrogens is 435 g/mol. The van der Waals surface area contributed by atoms with E-state index in [0.29, 0.717) is 38.9 Å². The van der Waals surface area contributed by atoms with Crippen molar-refractivity contribution >= 4 is 19.8 Å². The summed E-state index contributed by atoms with van der Waals surface area (Å²) in [5.41, 5.74) is 0.855. The van der Waals surface area contributed by atoms with Crippen LogP contribution in [-0.2, 0) is 43.8 Å². The number of esters is 2.